The summed E-state index contributed by atoms with van der Waals surface area (Å²) in [5.41, 5.74) is -0.0211. The molecule has 0 aliphatic heterocycles. The maximum Gasteiger partial charge on any atom is 0.407 e. The van der Waals surface area contributed by atoms with Crippen molar-refractivity contribution in [1.82, 2.24) is 10.6 Å². The Morgan fingerprint density at radius 1 is 1.10 bits per heavy atom. The average Bonchev–Trinajstić information content (AvgIpc) is 2.64. The molecular weight excluding hydrogens is 414 g/mol. The molecule has 2 N–H and O–H groups in total. The van der Waals surface area contributed by atoms with Crippen molar-refractivity contribution in [2.75, 3.05) is 26.0 Å². The lowest BCUT2D eigenvalue weighted by Crippen LogP contribution is -2.44. The van der Waals surface area contributed by atoms with Gasteiger partial charge in [0.05, 0.1) is 18.9 Å². The van der Waals surface area contributed by atoms with Gasteiger partial charge in [-0.2, -0.15) is 0 Å². The zero-order valence-electron chi connectivity index (χ0n) is 18.2. The van der Waals surface area contributed by atoms with Gasteiger partial charge in [-0.1, -0.05) is 27.2 Å². The van der Waals surface area contributed by atoms with Crippen molar-refractivity contribution in [2.45, 2.75) is 57.7 Å². The van der Waals surface area contributed by atoms with Gasteiger partial charge in [0.25, 0.3) is 0 Å². The number of halogens is 2. The minimum Gasteiger partial charge on any atom is -0.453 e. The number of alkyl carbamates (subject to hydrolysis) is 1. The summed E-state index contributed by atoms with van der Waals surface area (Å²) in [5, 5.41) is 4.50. The van der Waals surface area contributed by atoms with Gasteiger partial charge in [-0.25, -0.2) is 22.0 Å². The molecule has 1 rings (SSSR count). The Balaban J connectivity index is 3.23. The predicted octanol–water partition coefficient (Wildman–Crippen LogP) is 3.97. The fourth-order valence-electron chi connectivity index (χ4n) is 3.18. The van der Waals surface area contributed by atoms with E-state index in [-0.39, 0.29) is 17.7 Å². The number of amides is 1. The van der Waals surface area contributed by atoms with Crippen molar-refractivity contribution in [2.24, 2.45) is 5.92 Å². The van der Waals surface area contributed by atoms with Crippen LogP contribution in [0, 0.1) is 17.6 Å². The molecule has 0 saturated heterocycles. The van der Waals surface area contributed by atoms with Crippen LogP contribution in [0.5, 0.6) is 0 Å². The summed E-state index contributed by atoms with van der Waals surface area (Å²) in [6.45, 7) is 7.22. The van der Waals surface area contributed by atoms with Crippen LogP contribution in [0.3, 0.4) is 0 Å². The number of benzene rings is 1. The number of hydrogen-bond donors (Lipinski definition) is 2. The SMILES string of the molecule is CCCCS(=O)(=O)C(c1cc(F)cc(F)c1)[C@H](CCNCCC(C)C)NC(=O)OC. The molecular formula is C21H34F2N2O4S. The number of unbranched alkanes of at least 4 members (excludes halogenated alkanes) is 1. The Labute approximate surface area is 178 Å². The van der Waals surface area contributed by atoms with Crippen LogP contribution >= 0.6 is 0 Å². The third-order valence-electron chi connectivity index (χ3n) is 4.77. The average molecular weight is 449 g/mol. The molecule has 0 saturated carbocycles. The number of rotatable bonds is 13. The molecule has 0 radical (unpaired) electrons. The van der Waals surface area contributed by atoms with E-state index in [0.29, 0.717) is 31.4 Å². The lowest BCUT2D eigenvalue weighted by molar-refractivity contribution is 0.165. The highest BCUT2D eigenvalue weighted by Gasteiger charge is 2.36. The minimum absolute atomic E-state index is 0.0211. The topological polar surface area (TPSA) is 84.5 Å². The molecule has 1 amide bonds. The molecule has 0 bridgehead atoms. The Morgan fingerprint density at radius 3 is 2.23 bits per heavy atom. The van der Waals surface area contributed by atoms with Crippen molar-refractivity contribution in [3.63, 3.8) is 0 Å². The molecule has 172 valence electrons. The second-order valence-corrected chi connectivity index (χ2v) is 10.0. The molecule has 0 heterocycles. The van der Waals surface area contributed by atoms with E-state index in [1.54, 1.807) is 0 Å². The van der Waals surface area contributed by atoms with Gasteiger partial charge in [0.2, 0.25) is 0 Å². The molecule has 2 atom stereocenters. The summed E-state index contributed by atoms with van der Waals surface area (Å²) in [5.74, 6) is -1.37. The minimum atomic E-state index is -3.81. The molecule has 1 aromatic rings. The first-order valence-corrected chi connectivity index (χ1v) is 12.0. The van der Waals surface area contributed by atoms with Crippen LogP contribution in [0.2, 0.25) is 0 Å². The van der Waals surface area contributed by atoms with Crippen LogP contribution < -0.4 is 10.6 Å². The third-order valence-corrected chi connectivity index (χ3v) is 7.00. The second-order valence-electron chi connectivity index (χ2n) is 7.81. The molecule has 1 aromatic carbocycles. The highest BCUT2D eigenvalue weighted by Crippen LogP contribution is 2.30. The van der Waals surface area contributed by atoms with Crippen molar-refractivity contribution in [3.05, 3.63) is 35.4 Å². The van der Waals surface area contributed by atoms with E-state index in [4.69, 9.17) is 0 Å². The number of hydrogen-bond acceptors (Lipinski definition) is 5. The van der Waals surface area contributed by atoms with Crippen LogP contribution in [0.1, 0.15) is 57.3 Å². The molecule has 30 heavy (non-hydrogen) atoms. The van der Waals surface area contributed by atoms with Gasteiger partial charge in [-0.3, -0.25) is 0 Å². The van der Waals surface area contributed by atoms with Gasteiger partial charge in [-0.15, -0.1) is 0 Å². The molecule has 0 aliphatic rings. The third kappa shape index (κ3) is 8.95. The number of nitrogens with one attached hydrogen (secondary N) is 2. The number of methoxy groups -OCH3 is 1. The quantitative estimate of drug-likeness (QED) is 0.446. The molecule has 6 nitrogen and oxygen atoms in total. The summed E-state index contributed by atoms with van der Waals surface area (Å²) in [6, 6.07) is 1.80. The summed E-state index contributed by atoms with van der Waals surface area (Å²) in [7, 11) is -2.64. The van der Waals surface area contributed by atoms with Gasteiger partial charge < -0.3 is 15.4 Å². The van der Waals surface area contributed by atoms with E-state index in [1.807, 2.05) is 6.92 Å². The van der Waals surface area contributed by atoms with Gasteiger partial charge in [0.1, 0.15) is 16.9 Å². The highest BCUT2D eigenvalue weighted by molar-refractivity contribution is 7.91. The number of sulfone groups is 1. The number of ether oxygens (including phenoxy) is 1. The zero-order valence-corrected chi connectivity index (χ0v) is 19.0. The van der Waals surface area contributed by atoms with E-state index in [0.717, 1.165) is 25.1 Å². The van der Waals surface area contributed by atoms with E-state index in [2.05, 4.69) is 29.2 Å². The summed E-state index contributed by atoms with van der Waals surface area (Å²) in [4.78, 5) is 11.9. The fraction of sp³-hybridized carbons (Fsp3) is 0.667. The molecule has 0 fully saturated rings. The van der Waals surface area contributed by atoms with Crippen molar-refractivity contribution < 1.29 is 26.7 Å². The van der Waals surface area contributed by atoms with Crippen LogP contribution in [-0.2, 0) is 14.6 Å². The standard InChI is InChI=1S/C21H34F2N2O4S/c1-5-6-11-30(27,28)20(16-12-17(22)14-18(23)13-16)19(25-21(26)29-4)8-10-24-9-7-15(2)3/h12-15,19-20,24H,5-11H2,1-4H3,(H,25,26)/t19-,20?/m0/s1. The Morgan fingerprint density at radius 2 is 1.70 bits per heavy atom. The molecule has 0 spiro atoms. The number of carbonyl (C=O) groups excluding carboxylic acids is 1. The molecule has 0 aromatic heterocycles. The summed E-state index contributed by atoms with van der Waals surface area (Å²) >= 11 is 0. The van der Waals surface area contributed by atoms with Crippen LogP contribution in [0.4, 0.5) is 13.6 Å². The number of carbonyl (C=O) groups is 1. The lowest BCUT2D eigenvalue weighted by Gasteiger charge is -2.28. The Kier molecular flexibility index (Phi) is 11.3. The highest BCUT2D eigenvalue weighted by atomic mass is 32.2. The molecule has 1 unspecified atom stereocenters. The van der Waals surface area contributed by atoms with E-state index >= 15 is 0 Å². The van der Waals surface area contributed by atoms with E-state index in [9.17, 15) is 22.0 Å². The zero-order chi connectivity index (χ0) is 22.7. The maximum atomic E-state index is 13.9. The largest absolute Gasteiger partial charge is 0.453 e. The van der Waals surface area contributed by atoms with Crippen molar-refractivity contribution in [3.8, 4) is 0 Å². The fourth-order valence-corrected chi connectivity index (χ4v) is 5.39. The lowest BCUT2D eigenvalue weighted by atomic mass is 10.0. The van der Waals surface area contributed by atoms with Gasteiger partial charge >= 0.3 is 6.09 Å². The summed E-state index contributed by atoms with van der Waals surface area (Å²) in [6.07, 6.45) is 1.46. The first kappa shape index (κ1) is 26.3. The van der Waals surface area contributed by atoms with Crippen molar-refractivity contribution >= 4 is 15.9 Å². The van der Waals surface area contributed by atoms with Crippen LogP contribution in [-0.4, -0.2) is 46.5 Å². The second kappa shape index (κ2) is 12.8. The predicted molar refractivity (Wildman–Crippen MR) is 114 cm³/mol. The maximum absolute atomic E-state index is 13.9. The van der Waals surface area contributed by atoms with Gasteiger partial charge in [0.15, 0.2) is 9.84 Å². The monoisotopic (exact) mass is 448 g/mol. The molecule has 0 aliphatic carbocycles. The first-order chi connectivity index (χ1) is 14.1. The molecule has 9 heteroatoms. The Hall–Kier alpha value is -1.74. The van der Waals surface area contributed by atoms with E-state index < -0.39 is 38.9 Å². The normalized spacial score (nSPS) is 13.8. The van der Waals surface area contributed by atoms with Gasteiger partial charge in [-0.05, 0) is 56.0 Å². The van der Waals surface area contributed by atoms with Crippen molar-refractivity contribution in [1.29, 1.82) is 0 Å². The van der Waals surface area contributed by atoms with Crippen LogP contribution in [0.25, 0.3) is 0 Å². The van der Waals surface area contributed by atoms with E-state index in [1.165, 1.54) is 7.11 Å². The van der Waals surface area contributed by atoms with Gasteiger partial charge in [0, 0.05) is 6.07 Å². The smallest absolute Gasteiger partial charge is 0.407 e. The Bertz CT molecular complexity index is 752. The first-order valence-electron chi connectivity index (χ1n) is 10.3. The van der Waals surface area contributed by atoms with Crippen LogP contribution in [0.15, 0.2) is 18.2 Å². The summed E-state index contributed by atoms with van der Waals surface area (Å²) < 4.78 is 58.7.